The molecule has 7 nitrogen and oxygen atoms in total. The molecule has 0 aliphatic rings. The van der Waals surface area contributed by atoms with Crippen molar-refractivity contribution in [2.24, 2.45) is 0 Å². The third-order valence-corrected chi connectivity index (χ3v) is 5.25. The molecule has 0 saturated heterocycles. The Morgan fingerprint density at radius 3 is 2.03 bits per heavy atom. The van der Waals surface area contributed by atoms with Gasteiger partial charge in [-0.25, -0.2) is 4.98 Å². The lowest BCUT2D eigenvalue weighted by molar-refractivity contribution is 0.102. The Bertz CT molecular complexity index is 1280. The van der Waals surface area contributed by atoms with Gasteiger partial charge in [-0.3, -0.25) is 4.79 Å². The normalized spacial score (nSPS) is 10.5. The predicted molar refractivity (Wildman–Crippen MR) is 130 cm³/mol. The van der Waals surface area contributed by atoms with Crippen LogP contribution in [0, 0.1) is 6.92 Å². The summed E-state index contributed by atoms with van der Waals surface area (Å²) in [7, 11) is 4.74. The highest BCUT2D eigenvalue weighted by atomic mass is 16.5. The van der Waals surface area contributed by atoms with E-state index in [-0.39, 0.29) is 5.91 Å². The zero-order valence-corrected chi connectivity index (χ0v) is 18.9. The quantitative estimate of drug-likeness (QED) is 0.389. The van der Waals surface area contributed by atoms with Crippen molar-refractivity contribution in [2.75, 3.05) is 32.0 Å². The summed E-state index contributed by atoms with van der Waals surface area (Å²) < 4.78 is 15.7. The van der Waals surface area contributed by atoms with Crippen LogP contribution in [0.3, 0.4) is 0 Å². The van der Waals surface area contributed by atoms with E-state index in [9.17, 15) is 4.79 Å². The minimum Gasteiger partial charge on any atom is -0.497 e. The second-order valence-electron chi connectivity index (χ2n) is 7.47. The molecule has 0 atom stereocenters. The molecule has 0 unspecified atom stereocenters. The number of carbonyl (C=O) groups is 1. The first kappa shape index (κ1) is 22.0. The van der Waals surface area contributed by atoms with Gasteiger partial charge in [0, 0.05) is 28.4 Å². The number of hydrogen-bond donors (Lipinski definition) is 2. The molecule has 1 aromatic heterocycles. The van der Waals surface area contributed by atoms with E-state index in [2.05, 4.69) is 10.6 Å². The lowest BCUT2D eigenvalue weighted by atomic mass is 10.1. The minimum absolute atomic E-state index is 0.255. The highest BCUT2D eigenvalue weighted by Gasteiger charge is 2.12. The molecule has 0 bridgehead atoms. The van der Waals surface area contributed by atoms with Gasteiger partial charge in [0.15, 0.2) is 0 Å². The van der Waals surface area contributed by atoms with Crippen LogP contribution in [-0.4, -0.2) is 32.2 Å². The van der Waals surface area contributed by atoms with Crippen molar-refractivity contribution in [2.45, 2.75) is 6.92 Å². The minimum atomic E-state index is -0.255. The number of ether oxygens (including phenoxy) is 3. The third-order valence-electron chi connectivity index (χ3n) is 5.25. The number of carbonyl (C=O) groups excluding carboxylic acids is 1. The fraction of sp³-hybridized carbons (Fsp3) is 0.154. The lowest BCUT2D eigenvalue weighted by Gasteiger charge is -2.12. The second kappa shape index (κ2) is 9.48. The van der Waals surface area contributed by atoms with Crippen molar-refractivity contribution < 1.29 is 19.0 Å². The third kappa shape index (κ3) is 4.98. The van der Waals surface area contributed by atoms with Crippen molar-refractivity contribution in [3.05, 3.63) is 77.9 Å². The maximum atomic E-state index is 12.8. The molecule has 33 heavy (non-hydrogen) atoms. The Morgan fingerprint density at radius 2 is 1.39 bits per heavy atom. The Morgan fingerprint density at radius 1 is 0.758 bits per heavy atom. The van der Waals surface area contributed by atoms with Gasteiger partial charge in [-0.05, 0) is 73.2 Å². The number of nitrogens with zero attached hydrogens (tertiary/aromatic N) is 1. The highest BCUT2D eigenvalue weighted by Crippen LogP contribution is 2.27. The Balaban J connectivity index is 1.56. The van der Waals surface area contributed by atoms with Gasteiger partial charge in [0.2, 0.25) is 0 Å². The average Bonchev–Trinajstić information content (AvgIpc) is 2.84. The maximum Gasteiger partial charge on any atom is 0.255 e. The van der Waals surface area contributed by atoms with Crippen LogP contribution in [0.2, 0.25) is 0 Å². The molecular weight excluding hydrogens is 418 g/mol. The van der Waals surface area contributed by atoms with Gasteiger partial charge in [-0.15, -0.1) is 0 Å². The fourth-order valence-corrected chi connectivity index (χ4v) is 3.50. The van der Waals surface area contributed by atoms with Crippen LogP contribution in [0.1, 0.15) is 15.9 Å². The zero-order chi connectivity index (χ0) is 23.4. The number of fused-ring (bicyclic) bond motifs is 1. The number of pyridine rings is 1. The monoisotopic (exact) mass is 443 g/mol. The number of methoxy groups -OCH3 is 3. The first-order chi connectivity index (χ1) is 16.0. The number of amides is 1. The summed E-state index contributed by atoms with van der Waals surface area (Å²) >= 11 is 0. The maximum absolute atomic E-state index is 12.8. The molecular formula is C26H25N3O4. The average molecular weight is 444 g/mol. The van der Waals surface area contributed by atoms with E-state index < -0.39 is 0 Å². The van der Waals surface area contributed by atoms with Crippen molar-refractivity contribution >= 4 is 34.0 Å². The van der Waals surface area contributed by atoms with E-state index in [1.807, 2.05) is 55.5 Å². The smallest absolute Gasteiger partial charge is 0.255 e. The SMILES string of the molecule is COc1ccc(Nc2cc(C)c3cc(NC(=O)c4cc(OC)cc(OC)c4)ccc3n2)cc1. The van der Waals surface area contributed by atoms with Gasteiger partial charge in [0.1, 0.15) is 23.1 Å². The van der Waals surface area contributed by atoms with Crippen LogP contribution >= 0.6 is 0 Å². The van der Waals surface area contributed by atoms with E-state index >= 15 is 0 Å². The standard InChI is InChI=1S/C26H25N3O4/c1-16-11-25(27-18-5-8-20(31-2)9-6-18)29-24-10-7-19(14-23(16)24)28-26(30)17-12-21(32-3)15-22(13-17)33-4/h5-15H,1-4H3,(H,27,29)(H,28,30). The van der Waals surface area contributed by atoms with Crippen LogP contribution < -0.4 is 24.8 Å². The first-order valence-electron chi connectivity index (χ1n) is 10.4. The second-order valence-corrected chi connectivity index (χ2v) is 7.47. The predicted octanol–water partition coefficient (Wildman–Crippen LogP) is 5.56. The fourth-order valence-electron chi connectivity index (χ4n) is 3.50. The van der Waals surface area contributed by atoms with Gasteiger partial charge in [-0.2, -0.15) is 0 Å². The van der Waals surface area contributed by atoms with E-state index in [0.717, 1.165) is 33.7 Å². The molecule has 2 N–H and O–H groups in total. The molecule has 1 amide bonds. The first-order valence-corrected chi connectivity index (χ1v) is 10.4. The number of rotatable bonds is 7. The van der Waals surface area contributed by atoms with E-state index in [1.54, 1.807) is 39.5 Å². The van der Waals surface area contributed by atoms with Crippen LogP contribution in [0.15, 0.2) is 66.7 Å². The molecule has 4 rings (SSSR count). The number of nitrogens with one attached hydrogen (secondary N) is 2. The number of aromatic nitrogens is 1. The van der Waals surface area contributed by atoms with Crippen LogP contribution in [0.25, 0.3) is 10.9 Å². The Labute approximate surface area is 192 Å². The number of hydrogen-bond acceptors (Lipinski definition) is 6. The Hall–Kier alpha value is -4.26. The van der Waals surface area contributed by atoms with Crippen LogP contribution in [0.4, 0.5) is 17.2 Å². The summed E-state index contributed by atoms with van der Waals surface area (Å²) in [4.78, 5) is 17.5. The summed E-state index contributed by atoms with van der Waals surface area (Å²) in [5, 5.41) is 7.21. The van der Waals surface area contributed by atoms with Gasteiger partial charge >= 0.3 is 0 Å². The summed E-state index contributed by atoms with van der Waals surface area (Å²) in [5.41, 5.74) is 3.90. The summed E-state index contributed by atoms with van der Waals surface area (Å²) in [6.07, 6.45) is 0. The molecule has 4 aromatic rings. The Kier molecular flexibility index (Phi) is 6.31. The van der Waals surface area contributed by atoms with Gasteiger partial charge in [0.05, 0.1) is 26.8 Å². The molecule has 0 aliphatic heterocycles. The molecule has 0 radical (unpaired) electrons. The van der Waals surface area contributed by atoms with Crippen molar-refractivity contribution in [3.8, 4) is 17.2 Å². The number of aryl methyl sites for hydroxylation is 1. The van der Waals surface area contributed by atoms with E-state index in [4.69, 9.17) is 19.2 Å². The molecule has 0 saturated carbocycles. The zero-order valence-electron chi connectivity index (χ0n) is 18.9. The molecule has 3 aromatic carbocycles. The largest absolute Gasteiger partial charge is 0.497 e. The molecule has 0 spiro atoms. The topological polar surface area (TPSA) is 81.7 Å². The highest BCUT2D eigenvalue weighted by molar-refractivity contribution is 6.05. The summed E-state index contributed by atoms with van der Waals surface area (Å²) in [5.74, 6) is 2.38. The van der Waals surface area contributed by atoms with Gasteiger partial charge in [0.25, 0.3) is 5.91 Å². The van der Waals surface area contributed by atoms with Crippen molar-refractivity contribution in [1.29, 1.82) is 0 Å². The van der Waals surface area contributed by atoms with Crippen LogP contribution in [0.5, 0.6) is 17.2 Å². The van der Waals surface area contributed by atoms with Crippen LogP contribution in [-0.2, 0) is 0 Å². The molecule has 168 valence electrons. The van der Waals surface area contributed by atoms with Gasteiger partial charge < -0.3 is 24.8 Å². The number of anilines is 3. The van der Waals surface area contributed by atoms with Gasteiger partial charge in [-0.1, -0.05) is 0 Å². The van der Waals surface area contributed by atoms with Crippen molar-refractivity contribution in [3.63, 3.8) is 0 Å². The molecule has 0 aliphatic carbocycles. The summed E-state index contributed by atoms with van der Waals surface area (Å²) in [6, 6.07) is 20.3. The lowest BCUT2D eigenvalue weighted by Crippen LogP contribution is -2.12. The number of benzene rings is 3. The van der Waals surface area contributed by atoms with E-state index in [0.29, 0.717) is 22.7 Å². The van der Waals surface area contributed by atoms with Crippen molar-refractivity contribution in [1.82, 2.24) is 4.98 Å². The summed E-state index contributed by atoms with van der Waals surface area (Å²) in [6.45, 7) is 2.02. The molecule has 7 heteroatoms. The molecule has 1 heterocycles. The van der Waals surface area contributed by atoms with E-state index in [1.165, 1.54) is 0 Å². The molecule has 0 fully saturated rings.